The molecule has 0 saturated heterocycles. The van der Waals surface area contributed by atoms with Gasteiger partial charge >= 0.3 is 11.9 Å². The van der Waals surface area contributed by atoms with Crippen LogP contribution in [0.4, 0.5) is 0 Å². The van der Waals surface area contributed by atoms with Gasteiger partial charge in [0.25, 0.3) is 0 Å². The zero-order chi connectivity index (χ0) is 24.3. The Morgan fingerprint density at radius 3 is 2.26 bits per heavy atom. The Balaban J connectivity index is 1.80. The number of thioether (sulfide) groups is 1. The maximum Gasteiger partial charge on any atom is 0.338 e. The number of methoxy groups -OCH3 is 1. The fraction of sp³-hybridized carbons (Fsp3) is 0.222. The molecule has 0 bridgehead atoms. The summed E-state index contributed by atoms with van der Waals surface area (Å²) in [6, 6.07) is 22.7. The number of esters is 1. The number of carbonyl (C=O) groups excluding carboxylic acids is 2. The van der Waals surface area contributed by atoms with Gasteiger partial charge in [-0.15, -0.1) is 11.8 Å². The Kier molecular flexibility index (Phi) is 7.10. The smallest absolute Gasteiger partial charge is 0.338 e. The number of carbonyl (C=O) groups is 3. The van der Waals surface area contributed by atoms with Crippen LogP contribution in [0.5, 0.6) is 0 Å². The molecular formula is C27H23ClO5S. The van der Waals surface area contributed by atoms with Crippen molar-refractivity contribution in [3.8, 4) is 0 Å². The van der Waals surface area contributed by atoms with Crippen LogP contribution in [0.15, 0.2) is 83.8 Å². The Morgan fingerprint density at radius 1 is 0.971 bits per heavy atom. The first-order valence-electron chi connectivity index (χ1n) is 10.8. The van der Waals surface area contributed by atoms with Gasteiger partial charge in [-0.25, -0.2) is 4.79 Å². The minimum absolute atomic E-state index is 0.149. The molecule has 3 aromatic rings. The summed E-state index contributed by atoms with van der Waals surface area (Å²) in [4.78, 5) is 39.6. The monoisotopic (exact) mass is 494 g/mol. The van der Waals surface area contributed by atoms with Crippen LogP contribution < -0.4 is 0 Å². The van der Waals surface area contributed by atoms with E-state index in [9.17, 15) is 19.5 Å². The molecule has 7 heteroatoms. The molecule has 0 aliphatic heterocycles. The largest absolute Gasteiger partial charge is 0.480 e. The molecule has 3 aromatic carbocycles. The minimum Gasteiger partial charge on any atom is -0.480 e. The number of benzene rings is 3. The van der Waals surface area contributed by atoms with Gasteiger partial charge in [0.15, 0.2) is 5.78 Å². The molecule has 174 valence electrons. The average molecular weight is 495 g/mol. The summed E-state index contributed by atoms with van der Waals surface area (Å²) >= 11 is 7.31. The molecular weight excluding hydrogens is 472 g/mol. The molecule has 0 amide bonds. The summed E-state index contributed by atoms with van der Waals surface area (Å²) in [6.07, 6.45) is 0.600. The van der Waals surface area contributed by atoms with E-state index in [0.717, 1.165) is 5.56 Å². The third kappa shape index (κ3) is 4.48. The van der Waals surface area contributed by atoms with Gasteiger partial charge in [-0.3, -0.25) is 9.59 Å². The number of hydrogen-bond donors (Lipinski definition) is 1. The molecule has 1 N–H and O–H groups in total. The van der Waals surface area contributed by atoms with Crippen molar-refractivity contribution in [3.63, 3.8) is 0 Å². The lowest BCUT2D eigenvalue weighted by Gasteiger charge is -2.30. The molecule has 1 unspecified atom stereocenters. The maximum absolute atomic E-state index is 13.8. The van der Waals surface area contributed by atoms with E-state index in [-0.39, 0.29) is 12.3 Å². The van der Waals surface area contributed by atoms with Gasteiger partial charge in [0.2, 0.25) is 0 Å². The first-order chi connectivity index (χ1) is 16.4. The molecule has 1 fully saturated rings. The van der Waals surface area contributed by atoms with Crippen molar-refractivity contribution >= 4 is 41.1 Å². The molecule has 0 heterocycles. The highest BCUT2D eigenvalue weighted by Crippen LogP contribution is 2.55. The van der Waals surface area contributed by atoms with Crippen LogP contribution in [0.3, 0.4) is 0 Å². The Labute approximate surface area is 207 Å². The summed E-state index contributed by atoms with van der Waals surface area (Å²) in [7, 11) is 1.30. The van der Waals surface area contributed by atoms with E-state index in [4.69, 9.17) is 16.3 Å². The van der Waals surface area contributed by atoms with E-state index >= 15 is 0 Å². The molecule has 1 saturated carbocycles. The van der Waals surface area contributed by atoms with E-state index in [0.29, 0.717) is 27.5 Å². The Hall–Kier alpha value is -3.09. The average Bonchev–Trinajstić information content (AvgIpc) is 3.24. The molecule has 1 aliphatic rings. The quantitative estimate of drug-likeness (QED) is 0.242. The van der Waals surface area contributed by atoms with Crippen LogP contribution in [0.25, 0.3) is 0 Å². The summed E-state index contributed by atoms with van der Waals surface area (Å²) in [6.45, 7) is 0. The maximum atomic E-state index is 13.8. The number of halogens is 1. The van der Waals surface area contributed by atoms with E-state index in [1.807, 2.05) is 12.1 Å². The lowest BCUT2D eigenvalue weighted by atomic mass is 9.77. The molecule has 4 rings (SSSR count). The number of aliphatic carboxylic acids is 1. The molecule has 3 atom stereocenters. The molecule has 0 aromatic heterocycles. The fourth-order valence-corrected chi connectivity index (χ4v) is 6.31. The standard InChI is InChI=1S/C27H23ClO5S/c1-33-25(30)21-9-5-6-10-22(21)34-23-15-19(17-11-13-20(28)14-12-17)16-27(23,26(31)32)24(29)18-7-3-2-4-8-18/h2-14,19,23H,15-16H2,1H3,(H,31,32)/t19-,23+,27?/m1/s1. The van der Waals surface area contributed by atoms with Crippen LogP contribution in [0.1, 0.15) is 45.0 Å². The summed E-state index contributed by atoms with van der Waals surface area (Å²) in [5.74, 6) is -2.26. The normalized spacial score (nSPS) is 21.7. The molecule has 0 radical (unpaired) electrons. The van der Waals surface area contributed by atoms with Crippen LogP contribution >= 0.6 is 23.4 Å². The second-order valence-corrected chi connectivity index (χ2v) is 9.94. The van der Waals surface area contributed by atoms with Crippen molar-refractivity contribution in [3.05, 3.63) is 101 Å². The van der Waals surface area contributed by atoms with Crippen LogP contribution in [-0.2, 0) is 9.53 Å². The third-order valence-corrected chi connectivity index (χ3v) is 8.08. The SMILES string of the molecule is COC(=O)c1ccccc1S[C@H]1C[C@@H](c2ccc(Cl)cc2)CC1(C(=O)O)C(=O)c1ccccc1. The highest BCUT2D eigenvalue weighted by Gasteiger charge is 2.59. The highest BCUT2D eigenvalue weighted by molar-refractivity contribution is 8.00. The Bertz CT molecular complexity index is 1210. The van der Waals surface area contributed by atoms with Crippen LogP contribution in [-0.4, -0.2) is 35.2 Å². The number of hydrogen-bond acceptors (Lipinski definition) is 5. The van der Waals surface area contributed by atoms with Gasteiger partial charge < -0.3 is 9.84 Å². The first-order valence-corrected chi connectivity index (χ1v) is 12.0. The van der Waals surface area contributed by atoms with Gasteiger partial charge in [0.05, 0.1) is 12.7 Å². The van der Waals surface area contributed by atoms with Gasteiger partial charge in [-0.1, -0.05) is 66.2 Å². The lowest BCUT2D eigenvalue weighted by Crippen LogP contribution is -2.44. The van der Waals surface area contributed by atoms with Crippen molar-refractivity contribution in [2.24, 2.45) is 5.41 Å². The van der Waals surface area contributed by atoms with Crippen molar-refractivity contribution in [1.29, 1.82) is 0 Å². The van der Waals surface area contributed by atoms with Gasteiger partial charge in [-0.2, -0.15) is 0 Å². The van der Waals surface area contributed by atoms with Gasteiger partial charge in [-0.05, 0) is 48.6 Å². The van der Waals surface area contributed by atoms with Crippen molar-refractivity contribution < 1.29 is 24.2 Å². The van der Waals surface area contributed by atoms with Crippen LogP contribution in [0.2, 0.25) is 5.02 Å². The molecule has 1 aliphatic carbocycles. The number of ketones is 1. The van der Waals surface area contributed by atoms with Crippen molar-refractivity contribution in [1.82, 2.24) is 0 Å². The number of carboxylic acid groups (broad SMARTS) is 1. The first kappa shape index (κ1) is 24.0. The number of ether oxygens (including phenoxy) is 1. The molecule has 34 heavy (non-hydrogen) atoms. The van der Waals surface area contributed by atoms with Crippen molar-refractivity contribution in [2.75, 3.05) is 7.11 Å². The summed E-state index contributed by atoms with van der Waals surface area (Å²) in [5, 5.41) is 10.5. The fourth-order valence-electron chi connectivity index (χ4n) is 4.61. The second-order valence-electron chi connectivity index (χ2n) is 8.25. The highest BCUT2D eigenvalue weighted by atomic mass is 35.5. The number of carboxylic acids is 1. The van der Waals surface area contributed by atoms with Gasteiger partial charge in [0, 0.05) is 20.7 Å². The summed E-state index contributed by atoms with van der Waals surface area (Å²) in [5.41, 5.74) is -0.0373. The van der Waals surface area contributed by atoms with E-state index in [2.05, 4.69) is 0 Å². The predicted octanol–water partition coefficient (Wildman–Crippen LogP) is 6.12. The van der Waals surface area contributed by atoms with Crippen molar-refractivity contribution in [2.45, 2.75) is 28.9 Å². The second kappa shape index (κ2) is 10.0. The summed E-state index contributed by atoms with van der Waals surface area (Å²) < 4.78 is 4.91. The zero-order valence-electron chi connectivity index (χ0n) is 18.4. The molecule has 0 spiro atoms. The number of rotatable bonds is 7. The van der Waals surface area contributed by atoms with E-state index < -0.39 is 28.4 Å². The lowest BCUT2D eigenvalue weighted by molar-refractivity contribution is -0.145. The van der Waals surface area contributed by atoms with Crippen LogP contribution in [0, 0.1) is 5.41 Å². The van der Waals surface area contributed by atoms with E-state index in [1.54, 1.807) is 66.7 Å². The van der Waals surface area contributed by atoms with Gasteiger partial charge in [0.1, 0.15) is 5.41 Å². The number of Topliss-reactive ketones (excluding diaryl/α,β-unsaturated/α-hetero) is 1. The Morgan fingerprint density at radius 2 is 1.62 bits per heavy atom. The minimum atomic E-state index is -1.67. The topological polar surface area (TPSA) is 80.7 Å². The van der Waals surface area contributed by atoms with E-state index in [1.165, 1.54) is 18.9 Å². The predicted molar refractivity (Wildman–Crippen MR) is 132 cm³/mol. The zero-order valence-corrected chi connectivity index (χ0v) is 20.0. The molecule has 5 nitrogen and oxygen atoms in total. The third-order valence-electron chi connectivity index (χ3n) is 6.34.